The van der Waals surface area contributed by atoms with Crippen molar-refractivity contribution in [3.8, 4) is 0 Å². The van der Waals surface area contributed by atoms with E-state index in [-0.39, 0.29) is 28.5 Å². The van der Waals surface area contributed by atoms with E-state index in [0.29, 0.717) is 44.7 Å². The number of carbonyl (C=O) groups is 2. The van der Waals surface area contributed by atoms with Gasteiger partial charge in [0.1, 0.15) is 0 Å². The van der Waals surface area contributed by atoms with Gasteiger partial charge in [-0.2, -0.15) is 4.31 Å². The standard InChI is InChI=1S/C21H30N4O4S/c1-23-12-14-25(15-13-23)30(28,29)19-6-4-18(5-7-19)22-20(26)16-8-10-24(11-9-16)21(27)17-2-3-17/h4-7,16-17H,2-3,8-15H2,1H3,(H,22,26). The maximum atomic E-state index is 12.8. The summed E-state index contributed by atoms with van der Waals surface area (Å²) in [6, 6.07) is 6.40. The van der Waals surface area contributed by atoms with Gasteiger partial charge in [0.05, 0.1) is 4.90 Å². The SMILES string of the molecule is CN1CCN(S(=O)(=O)c2ccc(NC(=O)C3CCN(C(=O)C4CC4)CC3)cc2)CC1. The first-order chi connectivity index (χ1) is 14.3. The fourth-order valence-electron chi connectivity index (χ4n) is 4.08. The molecule has 30 heavy (non-hydrogen) atoms. The second-order valence-corrected chi connectivity index (χ2v) is 10.5. The number of likely N-dealkylation sites (N-methyl/N-ethyl adjacent to an activating group) is 1. The molecule has 1 saturated carbocycles. The number of hydrogen-bond acceptors (Lipinski definition) is 5. The molecule has 0 spiro atoms. The molecule has 0 aromatic heterocycles. The normalized spacial score (nSPS) is 22.1. The average Bonchev–Trinajstić information content (AvgIpc) is 3.59. The smallest absolute Gasteiger partial charge is 0.243 e. The maximum absolute atomic E-state index is 12.8. The quantitative estimate of drug-likeness (QED) is 0.752. The predicted octanol–water partition coefficient (Wildman–Crippen LogP) is 1.21. The van der Waals surface area contributed by atoms with Crippen molar-refractivity contribution in [1.82, 2.24) is 14.1 Å². The zero-order valence-electron chi connectivity index (χ0n) is 17.4. The summed E-state index contributed by atoms with van der Waals surface area (Å²) in [5.41, 5.74) is 0.591. The molecule has 1 N–H and O–H groups in total. The second-order valence-electron chi connectivity index (χ2n) is 8.59. The first-order valence-corrected chi connectivity index (χ1v) is 12.2. The Morgan fingerprint density at radius 1 is 0.867 bits per heavy atom. The van der Waals surface area contributed by atoms with Crippen molar-refractivity contribution >= 4 is 27.5 Å². The zero-order valence-corrected chi connectivity index (χ0v) is 18.2. The van der Waals surface area contributed by atoms with Crippen LogP contribution in [0.1, 0.15) is 25.7 Å². The minimum atomic E-state index is -3.51. The summed E-state index contributed by atoms with van der Waals surface area (Å²) < 4.78 is 27.1. The third-order valence-electron chi connectivity index (χ3n) is 6.33. The van der Waals surface area contributed by atoms with Gasteiger partial charge in [-0.3, -0.25) is 9.59 Å². The fourth-order valence-corrected chi connectivity index (χ4v) is 5.50. The first-order valence-electron chi connectivity index (χ1n) is 10.7. The molecule has 1 aliphatic carbocycles. The van der Waals surface area contributed by atoms with E-state index in [1.165, 1.54) is 4.31 Å². The van der Waals surface area contributed by atoms with Gasteiger partial charge >= 0.3 is 0 Å². The minimum Gasteiger partial charge on any atom is -0.342 e. The van der Waals surface area contributed by atoms with Gasteiger partial charge in [0.25, 0.3) is 0 Å². The van der Waals surface area contributed by atoms with Gasteiger partial charge in [-0.1, -0.05) is 0 Å². The minimum absolute atomic E-state index is 0.0665. The molecule has 0 radical (unpaired) electrons. The molecule has 2 amide bonds. The Labute approximate surface area is 178 Å². The van der Waals surface area contributed by atoms with Crippen LogP contribution < -0.4 is 5.32 Å². The lowest BCUT2D eigenvalue weighted by atomic mass is 9.95. The van der Waals surface area contributed by atoms with Crippen LogP contribution in [0.25, 0.3) is 0 Å². The van der Waals surface area contributed by atoms with Crippen LogP contribution in [0.2, 0.25) is 0 Å². The summed E-state index contributed by atoms with van der Waals surface area (Å²) in [6.45, 7) is 3.68. The number of sulfonamides is 1. The Bertz CT molecular complexity index is 882. The number of rotatable bonds is 5. The van der Waals surface area contributed by atoms with E-state index in [9.17, 15) is 18.0 Å². The van der Waals surface area contributed by atoms with E-state index in [4.69, 9.17) is 0 Å². The average molecular weight is 435 g/mol. The van der Waals surface area contributed by atoms with Crippen molar-refractivity contribution < 1.29 is 18.0 Å². The number of hydrogen-bond donors (Lipinski definition) is 1. The number of piperazine rings is 1. The highest BCUT2D eigenvalue weighted by molar-refractivity contribution is 7.89. The first kappa shape index (κ1) is 21.3. The molecule has 0 bridgehead atoms. The van der Waals surface area contributed by atoms with Gasteiger partial charge in [0.15, 0.2) is 0 Å². The van der Waals surface area contributed by atoms with Gasteiger partial charge in [-0.25, -0.2) is 8.42 Å². The number of anilines is 1. The lowest BCUT2D eigenvalue weighted by Gasteiger charge is -2.31. The summed E-state index contributed by atoms with van der Waals surface area (Å²) in [7, 11) is -1.53. The van der Waals surface area contributed by atoms with Crippen LogP contribution in [-0.4, -0.2) is 80.7 Å². The largest absolute Gasteiger partial charge is 0.342 e. The van der Waals surface area contributed by atoms with Crippen molar-refractivity contribution in [3.63, 3.8) is 0 Å². The Balaban J connectivity index is 1.31. The van der Waals surface area contributed by atoms with Gasteiger partial charge < -0.3 is 15.1 Å². The predicted molar refractivity (Wildman–Crippen MR) is 113 cm³/mol. The van der Waals surface area contributed by atoms with Crippen LogP contribution in [-0.2, 0) is 19.6 Å². The van der Waals surface area contributed by atoms with Crippen LogP contribution in [0.15, 0.2) is 29.2 Å². The molecule has 1 aromatic rings. The molecular formula is C21H30N4O4S. The molecule has 9 heteroatoms. The number of nitrogens with zero attached hydrogens (tertiary/aromatic N) is 3. The molecule has 8 nitrogen and oxygen atoms in total. The van der Waals surface area contributed by atoms with Gasteiger partial charge in [-0.05, 0) is 57.0 Å². The Morgan fingerprint density at radius 2 is 1.47 bits per heavy atom. The van der Waals surface area contributed by atoms with Crippen molar-refractivity contribution in [2.24, 2.45) is 11.8 Å². The fraction of sp³-hybridized carbons (Fsp3) is 0.619. The van der Waals surface area contributed by atoms with Crippen LogP contribution in [0, 0.1) is 11.8 Å². The van der Waals surface area contributed by atoms with Gasteiger partial charge in [0, 0.05) is 56.8 Å². The van der Waals surface area contributed by atoms with E-state index >= 15 is 0 Å². The monoisotopic (exact) mass is 434 g/mol. The molecule has 0 unspecified atom stereocenters. The molecule has 2 heterocycles. The molecule has 4 rings (SSSR count). The highest BCUT2D eigenvalue weighted by atomic mass is 32.2. The van der Waals surface area contributed by atoms with Crippen molar-refractivity contribution in [2.75, 3.05) is 51.6 Å². The van der Waals surface area contributed by atoms with E-state index in [0.717, 1.165) is 25.9 Å². The van der Waals surface area contributed by atoms with Crippen LogP contribution in [0.5, 0.6) is 0 Å². The lowest BCUT2D eigenvalue weighted by molar-refractivity contribution is -0.135. The number of piperidine rings is 1. The number of benzene rings is 1. The Hall–Kier alpha value is -1.97. The molecule has 164 valence electrons. The van der Waals surface area contributed by atoms with Gasteiger partial charge in [0.2, 0.25) is 21.8 Å². The van der Waals surface area contributed by atoms with Crippen LogP contribution >= 0.6 is 0 Å². The third-order valence-corrected chi connectivity index (χ3v) is 8.24. The van der Waals surface area contributed by atoms with E-state index < -0.39 is 10.0 Å². The van der Waals surface area contributed by atoms with Crippen molar-refractivity contribution in [3.05, 3.63) is 24.3 Å². The van der Waals surface area contributed by atoms with E-state index in [1.54, 1.807) is 24.3 Å². The second kappa shape index (κ2) is 8.64. The number of nitrogens with one attached hydrogen (secondary N) is 1. The highest BCUT2D eigenvalue weighted by Gasteiger charge is 2.36. The number of likely N-dealkylation sites (tertiary alicyclic amines) is 1. The molecule has 2 aliphatic heterocycles. The van der Waals surface area contributed by atoms with Crippen LogP contribution in [0.3, 0.4) is 0 Å². The highest BCUT2D eigenvalue weighted by Crippen LogP contribution is 2.32. The van der Waals surface area contributed by atoms with E-state index in [2.05, 4.69) is 10.2 Å². The third kappa shape index (κ3) is 4.68. The van der Waals surface area contributed by atoms with Crippen molar-refractivity contribution in [2.45, 2.75) is 30.6 Å². The zero-order chi connectivity index (χ0) is 21.3. The summed E-state index contributed by atoms with van der Waals surface area (Å²) in [4.78, 5) is 29.0. The van der Waals surface area contributed by atoms with Crippen molar-refractivity contribution in [1.29, 1.82) is 0 Å². The molecule has 3 fully saturated rings. The molecule has 1 aromatic carbocycles. The van der Waals surface area contributed by atoms with Gasteiger partial charge in [-0.15, -0.1) is 0 Å². The summed E-state index contributed by atoms with van der Waals surface area (Å²) >= 11 is 0. The lowest BCUT2D eigenvalue weighted by Crippen LogP contribution is -2.46. The molecule has 0 atom stereocenters. The molecule has 3 aliphatic rings. The number of amides is 2. The topological polar surface area (TPSA) is 90.0 Å². The maximum Gasteiger partial charge on any atom is 0.243 e. The summed E-state index contributed by atoms with van der Waals surface area (Å²) in [6.07, 6.45) is 3.33. The summed E-state index contributed by atoms with van der Waals surface area (Å²) in [5.74, 6) is 0.271. The van der Waals surface area contributed by atoms with Crippen LogP contribution in [0.4, 0.5) is 5.69 Å². The Kier molecular flexibility index (Phi) is 6.13. The summed E-state index contributed by atoms with van der Waals surface area (Å²) in [5, 5.41) is 2.90. The molecule has 2 saturated heterocycles. The molecular weight excluding hydrogens is 404 g/mol. The van der Waals surface area contributed by atoms with E-state index in [1.807, 2.05) is 11.9 Å². The number of carbonyl (C=O) groups excluding carboxylic acids is 2. The Morgan fingerprint density at radius 3 is 2.03 bits per heavy atom.